The lowest BCUT2D eigenvalue weighted by atomic mass is 10.1. The molecule has 1 aromatic heterocycles. The third-order valence-corrected chi connectivity index (χ3v) is 2.77. The lowest BCUT2D eigenvalue weighted by Crippen LogP contribution is -2.25. The molecule has 1 aromatic carbocycles. The van der Waals surface area contributed by atoms with E-state index in [1.807, 2.05) is 25.1 Å². The molecule has 1 amide bonds. The predicted octanol–water partition coefficient (Wildman–Crippen LogP) is 2.50. The van der Waals surface area contributed by atoms with Gasteiger partial charge in [0.15, 0.2) is 0 Å². The van der Waals surface area contributed by atoms with Crippen LogP contribution in [0.15, 0.2) is 42.6 Å². The van der Waals surface area contributed by atoms with Crippen molar-refractivity contribution in [1.82, 2.24) is 10.3 Å². The fraction of sp³-hybridized carbons (Fsp3) is 0.200. The van der Waals surface area contributed by atoms with Gasteiger partial charge < -0.3 is 5.32 Å². The van der Waals surface area contributed by atoms with Gasteiger partial charge in [0.05, 0.1) is 0 Å². The van der Waals surface area contributed by atoms with Crippen LogP contribution in [-0.4, -0.2) is 17.4 Å². The first-order chi connectivity index (χ1) is 9.15. The average Bonchev–Trinajstić information content (AvgIpc) is 2.38. The Hall–Kier alpha value is -2.23. The molecular weight excluding hydrogens is 243 g/mol. The quantitative estimate of drug-likeness (QED) is 0.856. The number of benzene rings is 1. The van der Waals surface area contributed by atoms with Gasteiger partial charge in [0, 0.05) is 24.4 Å². The molecule has 98 valence electrons. The molecule has 1 N–H and O–H groups in total. The molecule has 0 aliphatic heterocycles. The van der Waals surface area contributed by atoms with E-state index in [9.17, 15) is 9.18 Å². The predicted molar refractivity (Wildman–Crippen MR) is 71.4 cm³/mol. The normalized spacial score (nSPS) is 10.2. The first-order valence-corrected chi connectivity index (χ1v) is 6.10. The minimum Gasteiger partial charge on any atom is -0.352 e. The van der Waals surface area contributed by atoms with Gasteiger partial charge in [0.25, 0.3) is 5.91 Å². The molecule has 19 heavy (non-hydrogen) atoms. The van der Waals surface area contributed by atoms with E-state index >= 15 is 0 Å². The van der Waals surface area contributed by atoms with Crippen LogP contribution in [0.25, 0.3) is 0 Å². The van der Waals surface area contributed by atoms with Crippen LogP contribution in [0, 0.1) is 12.9 Å². The third-order valence-electron chi connectivity index (χ3n) is 2.77. The molecule has 3 nitrogen and oxygen atoms in total. The summed E-state index contributed by atoms with van der Waals surface area (Å²) in [5, 5.41) is 2.76. The van der Waals surface area contributed by atoms with Crippen LogP contribution in [0.4, 0.5) is 4.39 Å². The van der Waals surface area contributed by atoms with Gasteiger partial charge in [-0.15, -0.1) is 0 Å². The molecule has 0 radical (unpaired) electrons. The van der Waals surface area contributed by atoms with Crippen molar-refractivity contribution in [2.75, 3.05) is 6.54 Å². The molecule has 4 heteroatoms. The van der Waals surface area contributed by atoms with Crippen LogP contribution in [0.2, 0.25) is 0 Å². The average molecular weight is 258 g/mol. The first kappa shape index (κ1) is 13.2. The zero-order valence-corrected chi connectivity index (χ0v) is 10.7. The van der Waals surface area contributed by atoms with E-state index < -0.39 is 5.95 Å². The van der Waals surface area contributed by atoms with E-state index in [-0.39, 0.29) is 11.5 Å². The van der Waals surface area contributed by atoms with Crippen molar-refractivity contribution in [3.8, 4) is 0 Å². The molecule has 1 heterocycles. The number of carbonyl (C=O) groups is 1. The largest absolute Gasteiger partial charge is 0.352 e. The van der Waals surface area contributed by atoms with Crippen LogP contribution < -0.4 is 5.32 Å². The summed E-state index contributed by atoms with van der Waals surface area (Å²) in [6.45, 7) is 2.55. The fourth-order valence-electron chi connectivity index (χ4n) is 1.83. The number of halogens is 1. The van der Waals surface area contributed by atoms with Crippen molar-refractivity contribution in [3.05, 3.63) is 65.2 Å². The number of rotatable bonds is 4. The summed E-state index contributed by atoms with van der Waals surface area (Å²) >= 11 is 0. The van der Waals surface area contributed by atoms with Crippen molar-refractivity contribution in [3.63, 3.8) is 0 Å². The summed E-state index contributed by atoms with van der Waals surface area (Å²) in [6.07, 6.45) is 2.03. The zero-order chi connectivity index (χ0) is 13.7. The summed E-state index contributed by atoms with van der Waals surface area (Å²) in [5.74, 6) is -0.930. The van der Waals surface area contributed by atoms with E-state index in [1.54, 1.807) is 0 Å². The van der Waals surface area contributed by atoms with Crippen molar-refractivity contribution in [2.45, 2.75) is 13.3 Å². The number of aromatic nitrogens is 1. The summed E-state index contributed by atoms with van der Waals surface area (Å²) in [5.41, 5.74) is 2.65. The molecule has 0 fully saturated rings. The Morgan fingerprint density at radius 1 is 1.32 bits per heavy atom. The van der Waals surface area contributed by atoms with Gasteiger partial charge in [-0.2, -0.15) is 4.39 Å². The molecule has 2 aromatic rings. The van der Waals surface area contributed by atoms with Crippen molar-refractivity contribution < 1.29 is 9.18 Å². The molecule has 0 bridgehead atoms. The van der Waals surface area contributed by atoms with E-state index in [2.05, 4.69) is 16.4 Å². The monoisotopic (exact) mass is 258 g/mol. The van der Waals surface area contributed by atoms with Crippen molar-refractivity contribution in [1.29, 1.82) is 0 Å². The second-order valence-corrected chi connectivity index (χ2v) is 4.36. The van der Waals surface area contributed by atoms with Crippen LogP contribution in [0.1, 0.15) is 21.5 Å². The maximum atomic E-state index is 12.9. The Balaban J connectivity index is 1.87. The second-order valence-electron chi connectivity index (χ2n) is 4.36. The highest BCUT2D eigenvalue weighted by Crippen LogP contribution is 2.04. The third kappa shape index (κ3) is 3.88. The Morgan fingerprint density at radius 2 is 2.16 bits per heavy atom. The van der Waals surface area contributed by atoms with Crippen molar-refractivity contribution >= 4 is 5.91 Å². The van der Waals surface area contributed by atoms with Gasteiger partial charge in [-0.05, 0) is 25.0 Å². The van der Waals surface area contributed by atoms with Crippen molar-refractivity contribution in [2.24, 2.45) is 0 Å². The van der Waals surface area contributed by atoms with Gasteiger partial charge >= 0.3 is 0 Å². The van der Waals surface area contributed by atoms with Gasteiger partial charge in [-0.25, -0.2) is 4.98 Å². The molecule has 0 atom stereocenters. The lowest BCUT2D eigenvalue weighted by molar-refractivity contribution is 0.0953. The SMILES string of the molecule is Cc1cccc(CCNC(=O)c2ccnc(F)c2)c1. The Bertz CT molecular complexity index is 584. The zero-order valence-electron chi connectivity index (χ0n) is 10.7. The van der Waals surface area contributed by atoms with Gasteiger partial charge in [-0.1, -0.05) is 29.8 Å². The maximum Gasteiger partial charge on any atom is 0.251 e. The van der Waals surface area contributed by atoms with E-state index in [1.165, 1.54) is 23.4 Å². The van der Waals surface area contributed by atoms with E-state index in [0.29, 0.717) is 6.54 Å². The van der Waals surface area contributed by atoms with Gasteiger partial charge in [0.2, 0.25) is 5.95 Å². The van der Waals surface area contributed by atoms with Crippen LogP contribution in [0.5, 0.6) is 0 Å². The summed E-state index contributed by atoms with van der Waals surface area (Å²) < 4.78 is 12.9. The summed E-state index contributed by atoms with van der Waals surface area (Å²) in [7, 11) is 0. The highest BCUT2D eigenvalue weighted by Gasteiger charge is 2.06. The molecule has 0 saturated carbocycles. The highest BCUT2D eigenvalue weighted by molar-refractivity contribution is 5.93. The van der Waals surface area contributed by atoms with E-state index in [4.69, 9.17) is 0 Å². The van der Waals surface area contributed by atoms with Crippen LogP contribution in [-0.2, 0) is 6.42 Å². The number of hydrogen-bond donors (Lipinski definition) is 1. The highest BCUT2D eigenvalue weighted by atomic mass is 19.1. The molecule has 2 rings (SSSR count). The van der Waals surface area contributed by atoms with E-state index in [0.717, 1.165) is 12.5 Å². The standard InChI is InChI=1S/C15H15FN2O/c1-11-3-2-4-12(9-11)5-7-18-15(19)13-6-8-17-14(16)10-13/h2-4,6,8-10H,5,7H2,1H3,(H,18,19). The van der Waals surface area contributed by atoms with Gasteiger partial charge in [-0.3, -0.25) is 4.79 Å². The minimum atomic E-state index is -0.647. The first-order valence-electron chi connectivity index (χ1n) is 6.10. The summed E-state index contributed by atoms with van der Waals surface area (Å²) in [4.78, 5) is 15.2. The number of hydrogen-bond acceptors (Lipinski definition) is 2. The molecule has 0 saturated heterocycles. The molecule has 0 aliphatic rings. The number of nitrogens with zero attached hydrogens (tertiary/aromatic N) is 1. The number of aryl methyl sites for hydroxylation is 1. The van der Waals surface area contributed by atoms with Crippen LogP contribution in [0.3, 0.4) is 0 Å². The maximum absolute atomic E-state index is 12.9. The molecule has 0 unspecified atom stereocenters. The van der Waals surface area contributed by atoms with Gasteiger partial charge in [0.1, 0.15) is 0 Å². The topological polar surface area (TPSA) is 42.0 Å². The Morgan fingerprint density at radius 3 is 2.89 bits per heavy atom. The molecule has 0 spiro atoms. The second kappa shape index (κ2) is 6.09. The number of nitrogens with one attached hydrogen (secondary N) is 1. The Kier molecular flexibility index (Phi) is 4.23. The smallest absolute Gasteiger partial charge is 0.251 e. The van der Waals surface area contributed by atoms with Crippen LogP contribution >= 0.6 is 0 Å². The lowest BCUT2D eigenvalue weighted by Gasteiger charge is -2.06. The fourth-order valence-corrected chi connectivity index (χ4v) is 1.83. The number of amides is 1. The number of pyridine rings is 1. The molecular formula is C15H15FN2O. The Labute approximate surface area is 111 Å². The number of carbonyl (C=O) groups excluding carboxylic acids is 1. The summed E-state index contributed by atoms with van der Waals surface area (Å²) in [6, 6.07) is 10.7. The minimum absolute atomic E-state index is 0.283. The molecule has 0 aliphatic carbocycles.